The first-order chi connectivity index (χ1) is 30.9. The van der Waals surface area contributed by atoms with Gasteiger partial charge in [-0.15, -0.1) is 0 Å². The van der Waals surface area contributed by atoms with E-state index in [0.29, 0.717) is 0 Å². The zero-order valence-corrected chi connectivity index (χ0v) is 44.2. The van der Waals surface area contributed by atoms with E-state index < -0.39 is 32.3 Å². The molecule has 0 amide bonds. The molecule has 6 aromatic rings. The first kappa shape index (κ1) is 49.6. The van der Waals surface area contributed by atoms with Gasteiger partial charge >= 0.3 is 0 Å². The van der Waals surface area contributed by atoms with Gasteiger partial charge in [0.15, 0.2) is 0 Å². The molecule has 0 saturated carbocycles. The van der Waals surface area contributed by atoms with E-state index in [1.807, 2.05) is 12.5 Å². The van der Waals surface area contributed by atoms with Crippen molar-refractivity contribution in [3.63, 3.8) is 0 Å². The van der Waals surface area contributed by atoms with Crippen molar-refractivity contribution in [3.05, 3.63) is 110 Å². The highest BCUT2D eigenvalue weighted by atomic mass is 31.2. The third-order valence-electron chi connectivity index (χ3n) is 14.0. The van der Waals surface area contributed by atoms with Crippen LogP contribution in [0.15, 0.2) is 118 Å². The molecular weight excluding hydrogens is 837 g/mol. The van der Waals surface area contributed by atoms with E-state index in [1.54, 1.807) is 10.4 Å². The number of furan rings is 2. The van der Waals surface area contributed by atoms with Crippen molar-refractivity contribution >= 4 is 85.8 Å². The molecule has 6 rings (SSSR count). The van der Waals surface area contributed by atoms with E-state index in [9.17, 15) is 0 Å². The normalized spacial score (nSPS) is 12.5. The van der Waals surface area contributed by atoms with Gasteiger partial charge in [-0.3, -0.25) is 0 Å². The quantitative estimate of drug-likeness (QED) is 0.0347. The number of nitrogens with zero attached hydrogens (tertiary/aromatic N) is 1. The van der Waals surface area contributed by atoms with E-state index in [-0.39, 0.29) is 0 Å². The summed E-state index contributed by atoms with van der Waals surface area (Å²) in [7, 11) is -5.38. The summed E-state index contributed by atoms with van der Waals surface area (Å²) in [6.45, 7) is 17.7. The van der Waals surface area contributed by atoms with Crippen molar-refractivity contribution in [1.29, 1.82) is 0 Å². The number of benzene rings is 4. The van der Waals surface area contributed by atoms with Gasteiger partial charge in [-0.2, -0.15) is 0 Å². The van der Waals surface area contributed by atoms with Crippen LogP contribution < -0.4 is 31.6 Å². The molecule has 0 atom stereocenters. The lowest BCUT2D eigenvalue weighted by atomic mass is 10.2. The Hall–Kier alpha value is -2.79. The zero-order chi connectivity index (χ0) is 44.5. The molecular formula is C56H81NO2P2Si2. The second-order valence-corrected chi connectivity index (χ2v) is 32.4. The van der Waals surface area contributed by atoms with Gasteiger partial charge in [-0.1, -0.05) is 251 Å². The predicted octanol–water partition coefficient (Wildman–Crippen LogP) is 15.8. The molecule has 2 heterocycles. The number of hydrogen-bond donors (Lipinski definition) is 0. The Balaban J connectivity index is 1.59. The smallest absolute Gasteiger partial charge is 0.143 e. The van der Waals surface area contributed by atoms with Crippen LogP contribution in [0.5, 0.6) is 0 Å². The fourth-order valence-electron chi connectivity index (χ4n) is 10.3. The van der Waals surface area contributed by atoms with Gasteiger partial charge in [0.05, 0.1) is 28.7 Å². The van der Waals surface area contributed by atoms with Crippen LogP contribution in [0.4, 0.5) is 0 Å². The molecule has 0 bridgehead atoms. The molecule has 4 aromatic carbocycles. The Labute approximate surface area is 387 Å². The van der Waals surface area contributed by atoms with Crippen LogP contribution in [0.1, 0.15) is 138 Å². The van der Waals surface area contributed by atoms with Crippen molar-refractivity contribution < 1.29 is 8.83 Å². The SMILES string of the molecule is CCCCN(P(c1ccc([Si](CCCC)(CCCC)CCCC)cc1)c1ccc([Si](CCCC)(CCCC)CCCC)cc1)P(c1cccc2ccoc12)c1cccc2ccoc12. The first-order valence-corrected chi connectivity index (χ1v) is 33.3. The van der Waals surface area contributed by atoms with Crippen LogP contribution in [0.25, 0.3) is 21.9 Å². The fraction of sp³-hybridized carbons (Fsp3) is 0.500. The monoisotopic (exact) mass is 918 g/mol. The van der Waals surface area contributed by atoms with Crippen LogP contribution in [0.2, 0.25) is 36.3 Å². The average Bonchev–Trinajstić information content (AvgIpc) is 4.02. The summed E-state index contributed by atoms with van der Waals surface area (Å²) in [6, 6.07) is 47.4. The molecule has 0 aliphatic heterocycles. The largest absolute Gasteiger partial charge is 0.464 e. The lowest BCUT2D eigenvalue weighted by Crippen LogP contribution is -2.48. The van der Waals surface area contributed by atoms with Gasteiger partial charge in [0, 0.05) is 44.1 Å². The molecule has 0 saturated heterocycles. The van der Waals surface area contributed by atoms with Gasteiger partial charge in [0.1, 0.15) is 11.2 Å². The van der Waals surface area contributed by atoms with E-state index in [2.05, 4.69) is 150 Å². The van der Waals surface area contributed by atoms with E-state index in [1.165, 1.54) is 145 Å². The Morgan fingerprint density at radius 2 is 0.746 bits per heavy atom. The minimum atomic E-state index is -1.68. The summed E-state index contributed by atoms with van der Waals surface area (Å²) >= 11 is 0. The lowest BCUT2D eigenvalue weighted by molar-refractivity contribution is 0.615. The van der Waals surface area contributed by atoms with Gasteiger partial charge < -0.3 is 8.83 Å². The predicted molar refractivity (Wildman–Crippen MR) is 288 cm³/mol. The summed E-state index contributed by atoms with van der Waals surface area (Å²) in [6.07, 6.45) is 21.8. The summed E-state index contributed by atoms with van der Waals surface area (Å²) < 4.78 is 15.9. The van der Waals surface area contributed by atoms with Crippen LogP contribution in [0.3, 0.4) is 0 Å². The number of fused-ring (bicyclic) bond motifs is 2. The third kappa shape index (κ3) is 12.0. The number of hydrogen-bond acceptors (Lipinski definition) is 3. The highest BCUT2D eigenvalue weighted by Crippen LogP contribution is 2.56. The Kier molecular flexibility index (Phi) is 19.9. The minimum absolute atomic E-state index is 0.947. The van der Waals surface area contributed by atoms with Crippen LogP contribution in [-0.2, 0) is 0 Å². The van der Waals surface area contributed by atoms with E-state index in [0.717, 1.165) is 30.6 Å². The Morgan fingerprint density at radius 3 is 1.08 bits per heavy atom. The summed E-state index contributed by atoms with van der Waals surface area (Å²) in [5, 5.41) is 11.2. The number of rotatable bonds is 29. The van der Waals surface area contributed by atoms with Gasteiger partial charge in [-0.05, 0) is 41.3 Å². The van der Waals surface area contributed by atoms with Crippen molar-refractivity contribution in [1.82, 2.24) is 4.44 Å². The maximum absolute atomic E-state index is 6.47. The molecule has 0 N–H and O–H groups in total. The highest BCUT2D eigenvalue weighted by Gasteiger charge is 2.38. The lowest BCUT2D eigenvalue weighted by Gasteiger charge is -2.40. The van der Waals surface area contributed by atoms with Crippen molar-refractivity contribution in [3.8, 4) is 0 Å². The van der Waals surface area contributed by atoms with Crippen LogP contribution >= 0.6 is 16.1 Å². The second kappa shape index (κ2) is 25.2. The summed E-state index contributed by atoms with van der Waals surface area (Å²) in [4.78, 5) is 0. The number of para-hydroxylation sites is 2. The summed E-state index contributed by atoms with van der Waals surface area (Å²) in [5.74, 6) is 0. The maximum Gasteiger partial charge on any atom is 0.143 e. The van der Waals surface area contributed by atoms with Crippen LogP contribution in [-0.4, -0.2) is 27.1 Å². The molecule has 0 aliphatic rings. The topological polar surface area (TPSA) is 29.5 Å². The first-order valence-electron chi connectivity index (χ1n) is 25.4. The molecule has 63 heavy (non-hydrogen) atoms. The average molecular weight is 918 g/mol. The van der Waals surface area contributed by atoms with Crippen molar-refractivity contribution in [2.75, 3.05) is 6.54 Å². The standard InChI is InChI=1S/C56H81NO2P2Si2/c1-8-15-38-57(61(53-26-22-24-47-36-39-58-55(47)53)54-27-23-25-48-37-40-59-56(48)54)60(49-28-32-51(33-29-49)62(41-16-9-2,42-17-10-3)43-18-11-4)50-30-34-52(35-31-50)63(44-19-12-5,45-20-13-6)46-21-14-7/h22-37,39-40H,8-21,38,41-46H2,1-7H3. The molecule has 0 radical (unpaired) electrons. The van der Waals surface area contributed by atoms with Gasteiger partial charge in [0.25, 0.3) is 0 Å². The van der Waals surface area contributed by atoms with Gasteiger partial charge in [0.2, 0.25) is 0 Å². The third-order valence-corrected chi connectivity index (χ3v) is 30.6. The van der Waals surface area contributed by atoms with E-state index in [4.69, 9.17) is 8.83 Å². The molecule has 3 nitrogen and oxygen atoms in total. The Bertz CT molecular complexity index is 2020. The number of unbranched alkanes of at least 4 members (excludes halogenated alkanes) is 7. The second-order valence-electron chi connectivity index (χ2n) is 18.6. The highest BCUT2D eigenvalue weighted by molar-refractivity contribution is 7.85. The van der Waals surface area contributed by atoms with E-state index >= 15 is 0 Å². The fourth-order valence-corrected chi connectivity index (χ4v) is 27.7. The molecule has 2 aromatic heterocycles. The van der Waals surface area contributed by atoms with Gasteiger partial charge in [-0.25, -0.2) is 4.44 Å². The molecule has 0 spiro atoms. The molecule has 0 unspecified atom stereocenters. The molecule has 340 valence electrons. The molecule has 0 aliphatic carbocycles. The Morgan fingerprint density at radius 1 is 0.397 bits per heavy atom. The minimum Gasteiger partial charge on any atom is -0.464 e. The van der Waals surface area contributed by atoms with Crippen LogP contribution in [0, 0.1) is 0 Å². The van der Waals surface area contributed by atoms with Crippen molar-refractivity contribution in [2.24, 2.45) is 0 Å². The zero-order valence-electron chi connectivity index (χ0n) is 40.4. The maximum atomic E-state index is 6.47. The molecule has 0 fully saturated rings. The molecule has 7 heteroatoms. The van der Waals surface area contributed by atoms with Crippen molar-refractivity contribution in [2.45, 2.75) is 175 Å². The summed E-state index contributed by atoms with van der Waals surface area (Å²) in [5.41, 5.74) is 2.01.